The Hall–Kier alpha value is -1.48. The Bertz CT molecular complexity index is 611. The van der Waals surface area contributed by atoms with Gasteiger partial charge < -0.3 is 16.4 Å². The number of hydrogen-bond donors (Lipinski definition) is 5. The number of nitrogens with two attached hydrogens (primary N) is 2. The van der Waals surface area contributed by atoms with E-state index in [9.17, 15) is 0 Å². The van der Waals surface area contributed by atoms with Gasteiger partial charge in [0.1, 0.15) is 0 Å². The van der Waals surface area contributed by atoms with Crippen LogP contribution in [0.1, 0.15) is 57.9 Å². The minimum absolute atomic E-state index is 0.193. The van der Waals surface area contributed by atoms with Crippen molar-refractivity contribution in [3.8, 4) is 0 Å². The summed E-state index contributed by atoms with van der Waals surface area (Å²) in [5.41, 5.74) is 8.33. The Morgan fingerprint density at radius 1 is 1.21 bits per heavy atom. The van der Waals surface area contributed by atoms with Crippen LogP contribution in [-0.4, -0.2) is 43.2 Å². The van der Waals surface area contributed by atoms with Crippen LogP contribution in [-0.2, 0) is 0 Å². The van der Waals surface area contributed by atoms with Crippen molar-refractivity contribution in [1.29, 1.82) is 0 Å². The van der Waals surface area contributed by atoms with E-state index < -0.39 is 0 Å². The zero-order valence-electron chi connectivity index (χ0n) is 17.5. The second-order valence-electron chi connectivity index (χ2n) is 7.00. The molecule has 0 spiro atoms. The molecule has 1 saturated carbocycles. The number of hydrazone groups is 1. The lowest BCUT2D eigenvalue weighted by molar-refractivity contribution is 0.224. The molecule has 7 nitrogen and oxygen atoms in total. The molecule has 1 aromatic carbocycles. The molecule has 3 rings (SSSR count). The first kappa shape index (κ1) is 22.8. The number of hydrogen-bond acceptors (Lipinski definition) is 7. The van der Waals surface area contributed by atoms with E-state index in [-0.39, 0.29) is 6.04 Å². The van der Waals surface area contributed by atoms with Gasteiger partial charge in [0.05, 0.1) is 6.04 Å². The molecule has 0 aromatic heterocycles. The van der Waals surface area contributed by atoms with E-state index in [1.807, 2.05) is 20.9 Å². The molecule has 1 heterocycles. The molecule has 158 valence electrons. The van der Waals surface area contributed by atoms with Gasteiger partial charge in [-0.05, 0) is 63.0 Å². The van der Waals surface area contributed by atoms with Gasteiger partial charge in [0.15, 0.2) is 5.84 Å². The largest absolute Gasteiger partial charge is 0.382 e. The summed E-state index contributed by atoms with van der Waals surface area (Å²) in [6.07, 6.45) is 7.31. The third-order valence-corrected chi connectivity index (χ3v) is 5.78. The average Bonchev–Trinajstić information content (AvgIpc) is 3.27. The maximum absolute atomic E-state index is 6.37. The molecule has 1 unspecified atom stereocenters. The molecular weight excluding hydrogens is 370 g/mol. The van der Waals surface area contributed by atoms with Gasteiger partial charge in [0.2, 0.25) is 0 Å². The fourth-order valence-corrected chi connectivity index (χ4v) is 4.18. The number of nitrogens with zero attached hydrogens (tertiary/aromatic N) is 2. The maximum atomic E-state index is 6.37. The summed E-state index contributed by atoms with van der Waals surface area (Å²) in [7, 11) is 1.91. The highest BCUT2D eigenvalue weighted by Gasteiger charge is 2.21. The normalized spacial score (nSPS) is 20.4. The Balaban J connectivity index is 0.00000136. The van der Waals surface area contributed by atoms with Gasteiger partial charge in [-0.25, -0.2) is 11.0 Å². The van der Waals surface area contributed by atoms with E-state index in [4.69, 9.17) is 11.6 Å². The smallest absolute Gasteiger partial charge is 0.154 e. The van der Waals surface area contributed by atoms with Gasteiger partial charge in [-0.15, -0.1) is 5.10 Å². The first-order valence-corrected chi connectivity index (χ1v) is 11.3. The molecule has 28 heavy (non-hydrogen) atoms. The van der Waals surface area contributed by atoms with Crippen LogP contribution in [0.15, 0.2) is 28.2 Å². The number of amidine groups is 1. The van der Waals surface area contributed by atoms with Crippen molar-refractivity contribution in [3.05, 3.63) is 23.8 Å². The molecule has 1 aromatic rings. The summed E-state index contributed by atoms with van der Waals surface area (Å²) in [5, 5.41) is 13.0. The van der Waals surface area contributed by atoms with Gasteiger partial charge in [-0.2, -0.15) is 0 Å². The van der Waals surface area contributed by atoms with Crippen LogP contribution in [0.3, 0.4) is 0 Å². The standard InChI is InChI=1S/C18H31N7S.C2H6/c1-21-26-15-7-8-17(23-13-5-3-2-4-6-13)16(11-15)18(19)24-25(20)14-9-10-22-12-14;1-2/h7-8,11,13-14,21-23H,2-6,9-10,12,20H2,1H3,(H2,19,24);1-2H3. The van der Waals surface area contributed by atoms with Crippen LogP contribution < -0.4 is 26.9 Å². The SMILES string of the molecule is CC.CNSc1ccc(NC2CCCCC2)c(/C(N)=N/N(N)C2CCNC2)c1. The predicted octanol–water partition coefficient (Wildman–Crippen LogP) is 2.84. The fraction of sp³-hybridized carbons (Fsp3) is 0.650. The number of anilines is 1. The summed E-state index contributed by atoms with van der Waals surface area (Å²) in [6.45, 7) is 5.81. The third kappa shape index (κ3) is 6.55. The average molecular weight is 408 g/mol. The molecule has 2 fully saturated rings. The van der Waals surface area contributed by atoms with E-state index in [1.54, 1.807) is 11.9 Å². The Morgan fingerprint density at radius 3 is 2.61 bits per heavy atom. The van der Waals surface area contributed by atoms with Crippen molar-refractivity contribution in [3.63, 3.8) is 0 Å². The number of nitrogens with one attached hydrogen (secondary N) is 3. The van der Waals surface area contributed by atoms with Crippen molar-refractivity contribution in [1.82, 2.24) is 15.2 Å². The third-order valence-electron chi connectivity index (χ3n) is 5.08. The summed E-state index contributed by atoms with van der Waals surface area (Å²) < 4.78 is 3.11. The molecule has 1 aliphatic heterocycles. The second-order valence-corrected chi connectivity index (χ2v) is 8.09. The summed E-state index contributed by atoms with van der Waals surface area (Å²) in [4.78, 5) is 1.10. The summed E-state index contributed by atoms with van der Waals surface area (Å²) >= 11 is 1.56. The Labute approximate surface area is 174 Å². The molecule has 2 aliphatic rings. The van der Waals surface area contributed by atoms with E-state index in [2.05, 4.69) is 38.7 Å². The lowest BCUT2D eigenvalue weighted by atomic mass is 9.95. The minimum atomic E-state index is 0.193. The van der Waals surface area contributed by atoms with Crippen molar-refractivity contribution in [2.75, 3.05) is 25.5 Å². The van der Waals surface area contributed by atoms with Crippen LogP contribution in [0.2, 0.25) is 0 Å². The van der Waals surface area contributed by atoms with E-state index in [1.165, 1.54) is 37.2 Å². The van der Waals surface area contributed by atoms with E-state index in [0.717, 1.165) is 35.7 Å². The van der Waals surface area contributed by atoms with Crippen molar-refractivity contribution >= 4 is 23.5 Å². The highest BCUT2D eigenvalue weighted by molar-refractivity contribution is 7.97. The van der Waals surface area contributed by atoms with Crippen LogP contribution in [0, 0.1) is 0 Å². The van der Waals surface area contributed by atoms with Crippen LogP contribution in [0.5, 0.6) is 0 Å². The van der Waals surface area contributed by atoms with Crippen LogP contribution in [0.25, 0.3) is 0 Å². The Morgan fingerprint density at radius 2 is 1.96 bits per heavy atom. The quantitative estimate of drug-likeness (QED) is 0.156. The predicted molar refractivity (Wildman–Crippen MR) is 121 cm³/mol. The summed E-state index contributed by atoms with van der Waals surface area (Å²) in [6, 6.07) is 6.98. The molecule has 0 amide bonds. The first-order chi connectivity index (χ1) is 13.7. The van der Waals surface area contributed by atoms with Crippen LogP contribution >= 0.6 is 11.9 Å². The highest BCUT2D eigenvalue weighted by Crippen LogP contribution is 2.27. The topological polar surface area (TPSA) is 104 Å². The zero-order chi connectivity index (χ0) is 20.4. The Kier molecular flexibility index (Phi) is 9.91. The van der Waals surface area contributed by atoms with Crippen molar-refractivity contribution < 1.29 is 0 Å². The van der Waals surface area contributed by atoms with Gasteiger partial charge in [-0.1, -0.05) is 33.1 Å². The first-order valence-electron chi connectivity index (χ1n) is 10.5. The molecule has 8 heteroatoms. The van der Waals surface area contributed by atoms with E-state index >= 15 is 0 Å². The van der Waals surface area contributed by atoms with Gasteiger partial charge in [0.25, 0.3) is 0 Å². The minimum Gasteiger partial charge on any atom is -0.382 e. The molecule has 1 atom stereocenters. The van der Waals surface area contributed by atoms with Crippen LogP contribution in [0.4, 0.5) is 5.69 Å². The maximum Gasteiger partial charge on any atom is 0.154 e. The molecule has 0 radical (unpaired) electrons. The van der Waals surface area contributed by atoms with Gasteiger partial charge in [-0.3, -0.25) is 4.72 Å². The van der Waals surface area contributed by atoms with Crippen molar-refractivity contribution in [2.24, 2.45) is 16.7 Å². The monoisotopic (exact) mass is 407 g/mol. The molecular formula is C20H37N7S. The summed E-state index contributed by atoms with van der Waals surface area (Å²) in [5.74, 6) is 6.59. The molecule has 1 aliphatic carbocycles. The number of rotatable bonds is 7. The highest BCUT2D eigenvalue weighted by atomic mass is 32.2. The lowest BCUT2D eigenvalue weighted by Gasteiger charge is -2.26. The second kappa shape index (κ2) is 12.2. The molecule has 1 saturated heterocycles. The number of hydrazine groups is 1. The van der Waals surface area contributed by atoms with E-state index in [0.29, 0.717) is 11.9 Å². The zero-order valence-corrected chi connectivity index (χ0v) is 18.3. The van der Waals surface area contributed by atoms with Gasteiger partial charge >= 0.3 is 0 Å². The molecule has 0 bridgehead atoms. The van der Waals surface area contributed by atoms with Crippen molar-refractivity contribution in [2.45, 2.75) is 69.4 Å². The lowest BCUT2D eigenvalue weighted by Crippen LogP contribution is -2.40. The fourth-order valence-electron chi connectivity index (χ4n) is 3.63. The van der Waals surface area contributed by atoms with Gasteiger partial charge in [0, 0.05) is 28.7 Å². The molecule has 7 N–H and O–H groups in total. The number of benzene rings is 1.